The molecule has 0 aliphatic carbocycles. The molecule has 1 aromatic carbocycles. The maximum Gasteiger partial charge on any atom is 0.318 e. The first-order chi connectivity index (χ1) is 19.5. The Bertz CT molecular complexity index is 1430. The molecule has 14 heteroatoms. The van der Waals surface area contributed by atoms with Gasteiger partial charge in [-0.05, 0) is 48.2 Å². The van der Waals surface area contributed by atoms with Gasteiger partial charge in [-0.3, -0.25) is 9.59 Å². The Hall–Kier alpha value is -4.46. The van der Waals surface area contributed by atoms with Crippen molar-refractivity contribution in [1.82, 2.24) is 25.7 Å². The Balaban J connectivity index is 1.62. The largest absolute Gasteiger partial charge is 0.382 e. The van der Waals surface area contributed by atoms with Crippen LogP contribution in [0.4, 0.5) is 23.8 Å². The van der Waals surface area contributed by atoms with E-state index in [9.17, 15) is 27.6 Å². The van der Waals surface area contributed by atoms with E-state index < -0.39 is 54.8 Å². The highest BCUT2D eigenvalue weighted by Gasteiger charge is 2.42. The number of hydrogen-bond donors (Lipinski definition) is 3. The minimum Gasteiger partial charge on any atom is -0.382 e. The third-order valence-corrected chi connectivity index (χ3v) is 6.57. The van der Waals surface area contributed by atoms with Gasteiger partial charge in [0, 0.05) is 18.9 Å². The van der Waals surface area contributed by atoms with Crippen molar-refractivity contribution in [3.8, 4) is 0 Å². The van der Waals surface area contributed by atoms with Gasteiger partial charge in [-0.25, -0.2) is 22.9 Å². The van der Waals surface area contributed by atoms with Gasteiger partial charge in [0.2, 0.25) is 0 Å². The average molecular weight is 575 g/mol. The van der Waals surface area contributed by atoms with Gasteiger partial charge in [0.15, 0.2) is 5.69 Å². The van der Waals surface area contributed by atoms with Crippen molar-refractivity contribution < 1.29 is 36.8 Å². The van der Waals surface area contributed by atoms with Crippen molar-refractivity contribution >= 4 is 23.7 Å². The summed E-state index contributed by atoms with van der Waals surface area (Å²) in [5.41, 5.74) is 1.45. The monoisotopic (exact) mass is 574 g/mol. The van der Waals surface area contributed by atoms with E-state index in [0.717, 1.165) is 4.90 Å². The van der Waals surface area contributed by atoms with Gasteiger partial charge in [-0.1, -0.05) is 24.2 Å². The number of rotatable bonds is 10. The van der Waals surface area contributed by atoms with Gasteiger partial charge in [0.25, 0.3) is 17.7 Å². The molecule has 3 aromatic rings. The number of ether oxygens (including phenoxy) is 1. The average Bonchev–Trinajstić information content (AvgIpc) is 3.43. The first kappa shape index (κ1) is 29.5. The second kappa shape index (κ2) is 12.4. The summed E-state index contributed by atoms with van der Waals surface area (Å²) >= 11 is 0. The van der Waals surface area contributed by atoms with Crippen molar-refractivity contribution in [2.75, 3.05) is 32.1 Å². The van der Waals surface area contributed by atoms with E-state index in [1.165, 1.54) is 56.8 Å². The number of nitrogens with zero attached hydrogens (tertiary/aromatic N) is 3. The van der Waals surface area contributed by atoms with Crippen LogP contribution in [0.15, 0.2) is 47.3 Å². The molecule has 1 fully saturated rings. The number of halogens is 3. The number of amides is 4. The Morgan fingerprint density at radius 2 is 2.02 bits per heavy atom. The fourth-order valence-electron chi connectivity index (χ4n) is 4.42. The summed E-state index contributed by atoms with van der Waals surface area (Å²) in [7, 11) is 1.37. The number of aromatic nitrogens is 2. The highest BCUT2D eigenvalue weighted by atomic mass is 19.3. The molecule has 2 aromatic heterocycles. The van der Waals surface area contributed by atoms with Crippen molar-refractivity contribution in [3.05, 3.63) is 76.6 Å². The molecule has 3 heterocycles. The molecule has 2 atom stereocenters. The molecule has 1 saturated heterocycles. The van der Waals surface area contributed by atoms with Crippen LogP contribution in [0.5, 0.6) is 0 Å². The lowest BCUT2D eigenvalue weighted by molar-refractivity contribution is -0.118. The lowest BCUT2D eigenvalue weighted by Crippen LogP contribution is -2.58. The van der Waals surface area contributed by atoms with Crippen LogP contribution in [0.1, 0.15) is 51.7 Å². The topological polar surface area (TPSA) is 139 Å². The Kier molecular flexibility index (Phi) is 8.91. The number of alkyl halides is 2. The zero-order valence-corrected chi connectivity index (χ0v) is 22.5. The first-order valence-electron chi connectivity index (χ1n) is 12.7. The number of methoxy groups -OCH3 is 1. The van der Waals surface area contributed by atoms with Gasteiger partial charge < -0.3 is 30.1 Å². The van der Waals surface area contributed by atoms with Crippen LogP contribution in [0.2, 0.25) is 0 Å². The van der Waals surface area contributed by atoms with E-state index in [4.69, 9.17) is 9.26 Å². The Labute approximate surface area is 233 Å². The number of benzene rings is 1. The predicted octanol–water partition coefficient (Wildman–Crippen LogP) is 3.54. The SMILES string of the molecule is CCc1conc1C(=O)N[C@H](C(=O)Nc1cc([C@@H](COC)N2CC(F)(F)CNC2=O)ccn1)c1ccc(F)c(C)c1. The van der Waals surface area contributed by atoms with E-state index >= 15 is 0 Å². The van der Waals surface area contributed by atoms with E-state index in [1.807, 2.05) is 0 Å². The standard InChI is InChI=1S/C27H29F3N6O5/c1-4-16-11-41-35-23(16)25(38)34-22(18-5-6-19(28)15(2)9-18)24(37)33-21-10-17(7-8-31-21)20(12-40-3)36-14-27(29,30)13-32-26(36)39/h5-11,20,22H,4,12-14H2,1-3H3,(H,32,39)(H,34,38)(H,31,33,37)/t20-,22+/m1/s1. The summed E-state index contributed by atoms with van der Waals surface area (Å²) in [5.74, 6) is -5.02. The van der Waals surface area contributed by atoms with Crippen LogP contribution >= 0.6 is 0 Å². The van der Waals surface area contributed by atoms with Gasteiger partial charge in [-0.2, -0.15) is 0 Å². The number of aryl methyl sites for hydroxylation is 2. The molecule has 4 amide bonds. The van der Waals surface area contributed by atoms with Crippen molar-refractivity contribution in [1.29, 1.82) is 0 Å². The number of nitrogens with one attached hydrogen (secondary N) is 3. The second-order valence-electron chi connectivity index (χ2n) is 9.53. The van der Waals surface area contributed by atoms with Gasteiger partial charge >= 0.3 is 6.03 Å². The molecule has 0 radical (unpaired) electrons. The van der Waals surface area contributed by atoms with E-state index in [1.54, 1.807) is 6.92 Å². The number of hydrogen-bond acceptors (Lipinski definition) is 7. The summed E-state index contributed by atoms with van der Waals surface area (Å²) < 4.78 is 52.3. The molecule has 0 spiro atoms. The van der Waals surface area contributed by atoms with Crippen LogP contribution in [-0.4, -0.2) is 65.6 Å². The van der Waals surface area contributed by atoms with Crippen molar-refractivity contribution in [2.45, 2.75) is 38.3 Å². The van der Waals surface area contributed by atoms with Gasteiger partial charge in [-0.15, -0.1) is 0 Å². The molecular weight excluding hydrogens is 545 g/mol. The molecule has 0 unspecified atom stereocenters. The summed E-state index contributed by atoms with van der Waals surface area (Å²) in [6.45, 7) is 1.62. The fourth-order valence-corrected chi connectivity index (χ4v) is 4.42. The maximum absolute atomic E-state index is 14.1. The van der Waals surface area contributed by atoms with Gasteiger partial charge in [0.1, 0.15) is 23.9 Å². The molecule has 0 saturated carbocycles. The molecular formula is C27H29F3N6O5. The number of carbonyl (C=O) groups is 3. The Morgan fingerprint density at radius 3 is 2.73 bits per heavy atom. The molecule has 0 bridgehead atoms. The minimum atomic E-state index is -3.15. The maximum atomic E-state index is 14.1. The molecule has 11 nitrogen and oxygen atoms in total. The van der Waals surface area contributed by atoms with Gasteiger partial charge in [0.05, 0.1) is 25.7 Å². The van der Waals surface area contributed by atoms with Crippen LogP contribution < -0.4 is 16.0 Å². The highest BCUT2D eigenvalue weighted by molar-refractivity contribution is 6.01. The zero-order valence-electron chi connectivity index (χ0n) is 22.5. The smallest absolute Gasteiger partial charge is 0.318 e. The summed E-state index contributed by atoms with van der Waals surface area (Å²) in [6, 6.07) is 4.00. The predicted molar refractivity (Wildman–Crippen MR) is 140 cm³/mol. The fraction of sp³-hybridized carbons (Fsp3) is 0.370. The number of pyridine rings is 1. The number of carbonyl (C=O) groups excluding carboxylic acids is 3. The molecule has 41 heavy (non-hydrogen) atoms. The molecule has 1 aliphatic heterocycles. The van der Waals surface area contributed by atoms with E-state index in [2.05, 4.69) is 26.1 Å². The van der Waals surface area contributed by atoms with E-state index in [0.29, 0.717) is 17.5 Å². The normalized spacial score (nSPS) is 16.0. The summed E-state index contributed by atoms with van der Waals surface area (Å²) in [4.78, 5) is 44.1. The first-order valence-corrected chi connectivity index (χ1v) is 12.7. The lowest BCUT2D eigenvalue weighted by atomic mass is 10.0. The number of urea groups is 1. The molecule has 4 rings (SSSR count). The molecule has 218 valence electrons. The van der Waals surface area contributed by atoms with Crippen LogP contribution in [0.25, 0.3) is 0 Å². The summed E-state index contributed by atoms with van der Waals surface area (Å²) in [5, 5.41) is 11.1. The molecule has 1 aliphatic rings. The second-order valence-corrected chi connectivity index (χ2v) is 9.53. The highest BCUT2D eigenvalue weighted by Crippen LogP contribution is 2.29. The molecule has 3 N–H and O–H groups in total. The quantitative estimate of drug-likeness (QED) is 0.337. The van der Waals surface area contributed by atoms with Crippen molar-refractivity contribution in [3.63, 3.8) is 0 Å². The number of anilines is 1. The van der Waals surface area contributed by atoms with Crippen LogP contribution in [-0.2, 0) is 16.0 Å². The zero-order chi connectivity index (χ0) is 29.7. The minimum absolute atomic E-state index is 0.00303. The summed E-state index contributed by atoms with van der Waals surface area (Å²) in [6.07, 6.45) is 3.13. The third-order valence-electron chi connectivity index (χ3n) is 6.57. The van der Waals surface area contributed by atoms with Crippen LogP contribution in [0.3, 0.4) is 0 Å². The van der Waals surface area contributed by atoms with Crippen molar-refractivity contribution in [2.24, 2.45) is 0 Å². The van der Waals surface area contributed by atoms with Crippen LogP contribution in [0, 0.1) is 12.7 Å². The lowest BCUT2D eigenvalue weighted by Gasteiger charge is -2.38. The van der Waals surface area contributed by atoms with E-state index in [-0.39, 0.29) is 29.2 Å². The third kappa shape index (κ3) is 6.82. The Morgan fingerprint density at radius 1 is 1.24 bits per heavy atom.